The fraction of sp³-hybridized carbons (Fsp3) is 0.333. The predicted octanol–water partition coefficient (Wildman–Crippen LogP) is 0.973. The molecule has 1 aliphatic rings. The van der Waals surface area contributed by atoms with Crippen molar-refractivity contribution in [3.05, 3.63) is 29.8 Å². The fourth-order valence-corrected chi connectivity index (χ4v) is 1.52. The van der Waals surface area contributed by atoms with Crippen molar-refractivity contribution >= 4 is 0 Å². The molecule has 0 spiro atoms. The molecule has 1 aromatic rings. The highest BCUT2D eigenvalue weighted by Gasteiger charge is 2.18. The molecule has 0 saturated heterocycles. The van der Waals surface area contributed by atoms with Gasteiger partial charge in [-0.1, -0.05) is 18.2 Å². The highest BCUT2D eigenvalue weighted by atomic mass is 16.5. The van der Waals surface area contributed by atoms with Crippen LogP contribution in [0.5, 0.6) is 5.75 Å². The molecule has 3 heteroatoms. The molecule has 0 aromatic heterocycles. The Labute approximate surface area is 71.5 Å². The van der Waals surface area contributed by atoms with Crippen molar-refractivity contribution in [1.29, 1.82) is 0 Å². The first-order valence-corrected chi connectivity index (χ1v) is 4.09. The average molecular weight is 164 g/mol. The van der Waals surface area contributed by atoms with Gasteiger partial charge in [-0.25, -0.2) is 0 Å². The maximum Gasteiger partial charge on any atom is 0.124 e. The van der Waals surface area contributed by atoms with Crippen molar-refractivity contribution < 1.29 is 4.74 Å². The molecule has 0 amide bonds. The van der Waals surface area contributed by atoms with E-state index in [1.165, 1.54) is 0 Å². The number of nitrogens with two attached hydrogens (primary N) is 1. The number of rotatable bonds is 1. The third kappa shape index (κ3) is 1.17. The molecule has 3 nitrogen and oxygen atoms in total. The Morgan fingerprint density at radius 2 is 2.25 bits per heavy atom. The average Bonchev–Trinajstić information content (AvgIpc) is 2.17. The summed E-state index contributed by atoms with van der Waals surface area (Å²) in [6.07, 6.45) is 0.938. The molecule has 12 heavy (non-hydrogen) atoms. The van der Waals surface area contributed by atoms with Crippen LogP contribution in [-0.4, -0.2) is 6.61 Å². The second-order valence-corrected chi connectivity index (χ2v) is 2.89. The number of benzene rings is 1. The van der Waals surface area contributed by atoms with E-state index in [-0.39, 0.29) is 6.04 Å². The van der Waals surface area contributed by atoms with Crippen LogP contribution in [0.2, 0.25) is 0 Å². The summed E-state index contributed by atoms with van der Waals surface area (Å²) < 4.78 is 5.46. The Bertz CT molecular complexity index is 275. The van der Waals surface area contributed by atoms with Crippen LogP contribution in [0.25, 0.3) is 0 Å². The Kier molecular flexibility index (Phi) is 1.98. The van der Waals surface area contributed by atoms with E-state index in [2.05, 4.69) is 5.43 Å². The largest absolute Gasteiger partial charge is 0.493 e. The minimum absolute atomic E-state index is 0.245. The van der Waals surface area contributed by atoms with Crippen molar-refractivity contribution in [2.75, 3.05) is 6.61 Å². The van der Waals surface area contributed by atoms with E-state index in [1.54, 1.807) is 0 Å². The summed E-state index contributed by atoms with van der Waals surface area (Å²) >= 11 is 0. The molecule has 1 atom stereocenters. The normalized spacial score (nSPS) is 21.2. The monoisotopic (exact) mass is 164 g/mol. The maximum atomic E-state index is 5.46. The summed E-state index contributed by atoms with van der Waals surface area (Å²) in [7, 11) is 0. The van der Waals surface area contributed by atoms with Gasteiger partial charge in [-0.2, -0.15) is 0 Å². The second kappa shape index (κ2) is 3.13. The molecule has 0 unspecified atom stereocenters. The van der Waals surface area contributed by atoms with Gasteiger partial charge in [0.1, 0.15) is 5.75 Å². The summed E-state index contributed by atoms with van der Waals surface area (Å²) in [4.78, 5) is 0. The smallest absolute Gasteiger partial charge is 0.124 e. The van der Waals surface area contributed by atoms with E-state index in [0.717, 1.165) is 24.3 Å². The SMILES string of the molecule is NN[C@@H]1CCOc2ccccc21. The van der Waals surface area contributed by atoms with Gasteiger partial charge in [-0.3, -0.25) is 11.3 Å². The van der Waals surface area contributed by atoms with Crippen molar-refractivity contribution in [3.8, 4) is 5.75 Å². The zero-order chi connectivity index (χ0) is 8.39. The molecule has 0 fully saturated rings. The molecule has 0 aliphatic carbocycles. The molecule has 0 bridgehead atoms. The Hall–Kier alpha value is -1.06. The van der Waals surface area contributed by atoms with Crippen LogP contribution in [0.15, 0.2) is 24.3 Å². The summed E-state index contributed by atoms with van der Waals surface area (Å²) in [5.74, 6) is 6.36. The lowest BCUT2D eigenvalue weighted by Crippen LogP contribution is -2.31. The van der Waals surface area contributed by atoms with Crippen molar-refractivity contribution in [2.45, 2.75) is 12.5 Å². The van der Waals surface area contributed by atoms with E-state index < -0.39 is 0 Å². The molecule has 1 heterocycles. The van der Waals surface area contributed by atoms with Crippen LogP contribution >= 0.6 is 0 Å². The van der Waals surface area contributed by atoms with Gasteiger partial charge in [-0.05, 0) is 6.07 Å². The van der Waals surface area contributed by atoms with Crippen LogP contribution in [0.1, 0.15) is 18.0 Å². The van der Waals surface area contributed by atoms with Gasteiger partial charge in [0.2, 0.25) is 0 Å². The minimum atomic E-state index is 0.245. The van der Waals surface area contributed by atoms with Crippen molar-refractivity contribution in [2.24, 2.45) is 5.84 Å². The molecule has 64 valence electrons. The lowest BCUT2D eigenvalue weighted by molar-refractivity contribution is 0.253. The van der Waals surface area contributed by atoms with Gasteiger partial charge in [0, 0.05) is 12.0 Å². The van der Waals surface area contributed by atoms with Gasteiger partial charge in [-0.15, -0.1) is 0 Å². The molecule has 3 N–H and O–H groups in total. The number of hydrogen-bond acceptors (Lipinski definition) is 3. The van der Waals surface area contributed by atoms with Gasteiger partial charge < -0.3 is 4.74 Å². The third-order valence-electron chi connectivity index (χ3n) is 2.16. The first kappa shape index (κ1) is 7.58. The topological polar surface area (TPSA) is 47.3 Å². The quantitative estimate of drug-likeness (QED) is 0.480. The van der Waals surface area contributed by atoms with E-state index in [4.69, 9.17) is 10.6 Å². The van der Waals surface area contributed by atoms with Gasteiger partial charge in [0.15, 0.2) is 0 Å². The van der Waals surface area contributed by atoms with E-state index in [0.29, 0.717) is 0 Å². The summed E-state index contributed by atoms with van der Waals surface area (Å²) in [6, 6.07) is 8.22. The fourth-order valence-electron chi connectivity index (χ4n) is 1.52. The van der Waals surface area contributed by atoms with Crippen LogP contribution < -0.4 is 16.0 Å². The van der Waals surface area contributed by atoms with Gasteiger partial charge in [0.05, 0.1) is 12.6 Å². The van der Waals surface area contributed by atoms with Crippen LogP contribution in [0, 0.1) is 0 Å². The first-order chi connectivity index (χ1) is 5.92. The molecule has 1 aliphatic heterocycles. The van der Waals surface area contributed by atoms with Gasteiger partial charge in [0.25, 0.3) is 0 Å². The molecule has 0 radical (unpaired) electrons. The van der Waals surface area contributed by atoms with Crippen molar-refractivity contribution in [1.82, 2.24) is 5.43 Å². The van der Waals surface area contributed by atoms with E-state index in [1.807, 2.05) is 24.3 Å². The summed E-state index contributed by atoms with van der Waals surface area (Å²) in [5, 5.41) is 0. The molecular weight excluding hydrogens is 152 g/mol. The lowest BCUT2D eigenvalue weighted by atomic mass is 10.0. The zero-order valence-electron chi connectivity index (χ0n) is 6.79. The predicted molar refractivity (Wildman–Crippen MR) is 46.6 cm³/mol. The lowest BCUT2D eigenvalue weighted by Gasteiger charge is -2.24. The Balaban J connectivity index is 2.37. The number of para-hydroxylation sites is 1. The highest BCUT2D eigenvalue weighted by Crippen LogP contribution is 2.30. The van der Waals surface area contributed by atoms with Gasteiger partial charge >= 0.3 is 0 Å². The number of fused-ring (bicyclic) bond motifs is 1. The number of hydrazine groups is 1. The van der Waals surface area contributed by atoms with E-state index >= 15 is 0 Å². The highest BCUT2D eigenvalue weighted by molar-refractivity contribution is 5.37. The van der Waals surface area contributed by atoms with Crippen molar-refractivity contribution in [3.63, 3.8) is 0 Å². The summed E-state index contributed by atoms with van der Waals surface area (Å²) in [5.41, 5.74) is 3.94. The molecule has 0 saturated carbocycles. The number of hydrogen-bond donors (Lipinski definition) is 2. The van der Waals surface area contributed by atoms with Crippen LogP contribution in [-0.2, 0) is 0 Å². The molecule has 1 aromatic carbocycles. The minimum Gasteiger partial charge on any atom is -0.493 e. The van der Waals surface area contributed by atoms with E-state index in [9.17, 15) is 0 Å². The maximum absolute atomic E-state index is 5.46. The first-order valence-electron chi connectivity index (χ1n) is 4.09. The summed E-state index contributed by atoms with van der Waals surface area (Å²) in [6.45, 7) is 0.742. The number of ether oxygens (including phenoxy) is 1. The zero-order valence-corrected chi connectivity index (χ0v) is 6.79. The molecular formula is C9H12N2O. The Morgan fingerprint density at radius 3 is 3.08 bits per heavy atom. The molecule has 2 rings (SSSR count). The number of nitrogens with one attached hydrogen (secondary N) is 1. The van der Waals surface area contributed by atoms with Crippen LogP contribution in [0.4, 0.5) is 0 Å². The van der Waals surface area contributed by atoms with Crippen LogP contribution in [0.3, 0.4) is 0 Å². The standard InChI is InChI=1S/C9H12N2O/c10-11-8-5-6-12-9-4-2-1-3-7(8)9/h1-4,8,11H,5-6,10H2/t8-/m1/s1. The Morgan fingerprint density at radius 1 is 1.42 bits per heavy atom. The second-order valence-electron chi connectivity index (χ2n) is 2.89. The third-order valence-corrected chi connectivity index (χ3v) is 2.16.